The second-order valence-electron chi connectivity index (χ2n) is 5.87. The lowest BCUT2D eigenvalue weighted by Crippen LogP contribution is -2.30. The maximum absolute atomic E-state index is 12.1. The third-order valence-electron chi connectivity index (χ3n) is 3.63. The molecule has 6 heteroatoms. The van der Waals surface area contributed by atoms with Gasteiger partial charge in [-0.15, -0.1) is 11.8 Å². The average Bonchev–Trinajstić information content (AvgIpc) is 2.62. The molecule has 26 heavy (non-hydrogen) atoms. The van der Waals surface area contributed by atoms with Crippen LogP contribution in [0.4, 0.5) is 5.69 Å². The third-order valence-corrected chi connectivity index (χ3v) is 4.76. The average molecular weight is 368 g/mol. The number of hydrogen-bond acceptors (Lipinski definition) is 5. The van der Waals surface area contributed by atoms with Crippen LogP contribution >= 0.6 is 11.8 Å². The summed E-state index contributed by atoms with van der Waals surface area (Å²) in [6.45, 7) is 5.50. The van der Waals surface area contributed by atoms with Crippen molar-refractivity contribution in [1.29, 1.82) is 5.26 Å². The van der Waals surface area contributed by atoms with E-state index in [2.05, 4.69) is 5.32 Å². The van der Waals surface area contributed by atoms with Gasteiger partial charge in [0.15, 0.2) is 6.10 Å². The molecule has 0 aliphatic heterocycles. The van der Waals surface area contributed by atoms with Gasteiger partial charge in [-0.05, 0) is 50.6 Å². The quantitative estimate of drug-likeness (QED) is 0.619. The third kappa shape index (κ3) is 5.64. The molecule has 2 rings (SSSR count). The van der Waals surface area contributed by atoms with Gasteiger partial charge in [0, 0.05) is 10.6 Å². The number of aryl methyl sites for hydroxylation is 2. The van der Waals surface area contributed by atoms with Crippen molar-refractivity contribution in [3.63, 3.8) is 0 Å². The fourth-order valence-corrected chi connectivity index (χ4v) is 3.10. The predicted molar refractivity (Wildman–Crippen MR) is 102 cm³/mol. The molecule has 0 aromatic heterocycles. The number of nitrogens with zero attached hydrogens (tertiary/aromatic N) is 1. The number of anilines is 1. The molecule has 1 amide bonds. The Labute approximate surface area is 157 Å². The molecule has 0 heterocycles. The molecule has 5 nitrogen and oxygen atoms in total. The lowest BCUT2D eigenvalue weighted by atomic mass is 10.2. The minimum absolute atomic E-state index is 0.131. The van der Waals surface area contributed by atoms with Gasteiger partial charge in [0.25, 0.3) is 5.91 Å². The van der Waals surface area contributed by atoms with Crippen LogP contribution in [0.15, 0.2) is 47.4 Å². The molecule has 0 fully saturated rings. The Morgan fingerprint density at radius 1 is 1.23 bits per heavy atom. The van der Waals surface area contributed by atoms with Crippen LogP contribution in [0.2, 0.25) is 0 Å². The molecule has 0 saturated heterocycles. The first kappa shape index (κ1) is 19.5. The summed E-state index contributed by atoms with van der Waals surface area (Å²) in [4.78, 5) is 25.2. The normalized spacial score (nSPS) is 11.3. The standard InChI is InChI=1S/C20H20N2O3S/c1-13-7-8-14(2)18(9-13)26-12-19(23)25-15(3)20(24)22-17-6-4-5-16(10-17)11-21/h4-10,15H,12H2,1-3H3,(H,22,24)/t15-/m1/s1. The first-order valence-electron chi connectivity index (χ1n) is 8.09. The fraction of sp³-hybridized carbons (Fsp3) is 0.250. The van der Waals surface area contributed by atoms with Crippen LogP contribution in [-0.4, -0.2) is 23.7 Å². The Balaban J connectivity index is 1.86. The molecule has 0 radical (unpaired) electrons. The summed E-state index contributed by atoms with van der Waals surface area (Å²) < 4.78 is 5.20. The molecule has 1 atom stereocenters. The number of benzene rings is 2. The Hall–Kier alpha value is -2.78. The van der Waals surface area contributed by atoms with Crippen molar-refractivity contribution in [3.8, 4) is 6.07 Å². The number of esters is 1. The van der Waals surface area contributed by atoms with Crippen LogP contribution in [0, 0.1) is 25.2 Å². The summed E-state index contributed by atoms with van der Waals surface area (Å²) in [5, 5.41) is 11.5. The first-order chi connectivity index (χ1) is 12.4. The van der Waals surface area contributed by atoms with Crippen molar-refractivity contribution in [2.75, 3.05) is 11.1 Å². The summed E-state index contributed by atoms with van der Waals surface area (Å²) in [5.41, 5.74) is 3.15. The van der Waals surface area contributed by atoms with Crippen molar-refractivity contribution in [2.24, 2.45) is 0 Å². The second-order valence-corrected chi connectivity index (χ2v) is 6.89. The molecule has 0 aliphatic rings. The number of nitriles is 1. The summed E-state index contributed by atoms with van der Waals surface area (Å²) in [6, 6.07) is 14.6. The lowest BCUT2D eigenvalue weighted by Gasteiger charge is -2.14. The van der Waals surface area contributed by atoms with Gasteiger partial charge < -0.3 is 10.1 Å². The van der Waals surface area contributed by atoms with E-state index in [1.54, 1.807) is 24.3 Å². The number of carbonyl (C=O) groups is 2. The molecule has 0 unspecified atom stereocenters. The van der Waals surface area contributed by atoms with Crippen LogP contribution in [0.3, 0.4) is 0 Å². The molecular formula is C20H20N2O3S. The Kier molecular flexibility index (Phi) is 6.81. The highest BCUT2D eigenvalue weighted by Gasteiger charge is 2.18. The monoisotopic (exact) mass is 368 g/mol. The molecule has 0 aliphatic carbocycles. The number of hydrogen-bond donors (Lipinski definition) is 1. The van der Waals surface area contributed by atoms with E-state index in [0.717, 1.165) is 16.0 Å². The maximum Gasteiger partial charge on any atom is 0.317 e. The van der Waals surface area contributed by atoms with Crippen molar-refractivity contribution >= 4 is 29.3 Å². The van der Waals surface area contributed by atoms with Gasteiger partial charge in [-0.3, -0.25) is 9.59 Å². The number of nitrogens with one attached hydrogen (secondary N) is 1. The number of rotatable bonds is 6. The molecule has 2 aromatic carbocycles. The second kappa shape index (κ2) is 9.07. The SMILES string of the molecule is Cc1ccc(C)c(SCC(=O)O[C@H](C)C(=O)Nc2cccc(C#N)c2)c1. The summed E-state index contributed by atoms with van der Waals surface area (Å²) in [5.74, 6) is -0.763. The van der Waals surface area contributed by atoms with Gasteiger partial charge in [0.05, 0.1) is 17.4 Å². The molecule has 2 aromatic rings. The maximum atomic E-state index is 12.1. The molecule has 1 N–H and O–H groups in total. The van der Waals surface area contributed by atoms with Crippen molar-refractivity contribution in [1.82, 2.24) is 0 Å². The molecule has 0 bridgehead atoms. The summed E-state index contributed by atoms with van der Waals surface area (Å²) >= 11 is 1.39. The number of amides is 1. The molecule has 134 valence electrons. The van der Waals surface area contributed by atoms with Crippen LogP contribution < -0.4 is 5.32 Å². The van der Waals surface area contributed by atoms with E-state index < -0.39 is 18.0 Å². The van der Waals surface area contributed by atoms with Gasteiger partial charge in [-0.2, -0.15) is 5.26 Å². The highest BCUT2D eigenvalue weighted by molar-refractivity contribution is 8.00. The Bertz CT molecular complexity index is 858. The Morgan fingerprint density at radius 2 is 2.00 bits per heavy atom. The number of thioether (sulfide) groups is 1. The first-order valence-corrected chi connectivity index (χ1v) is 9.08. The zero-order chi connectivity index (χ0) is 19.1. The topological polar surface area (TPSA) is 79.2 Å². The van der Waals surface area contributed by atoms with E-state index in [-0.39, 0.29) is 5.75 Å². The summed E-state index contributed by atoms with van der Waals surface area (Å²) in [6.07, 6.45) is -0.924. The number of ether oxygens (including phenoxy) is 1. The molecule has 0 saturated carbocycles. The van der Waals surface area contributed by atoms with Crippen LogP contribution in [0.25, 0.3) is 0 Å². The smallest absolute Gasteiger partial charge is 0.317 e. The largest absolute Gasteiger partial charge is 0.452 e. The van der Waals surface area contributed by atoms with Gasteiger partial charge >= 0.3 is 5.97 Å². The van der Waals surface area contributed by atoms with Gasteiger partial charge in [-0.25, -0.2) is 0 Å². The molecule has 0 spiro atoms. The Morgan fingerprint density at radius 3 is 2.73 bits per heavy atom. The minimum Gasteiger partial charge on any atom is -0.452 e. The summed E-state index contributed by atoms with van der Waals surface area (Å²) in [7, 11) is 0. The van der Waals surface area contributed by atoms with Crippen LogP contribution in [0.5, 0.6) is 0 Å². The van der Waals surface area contributed by atoms with Gasteiger partial charge in [0.2, 0.25) is 0 Å². The van der Waals surface area contributed by atoms with E-state index in [9.17, 15) is 9.59 Å². The van der Waals surface area contributed by atoms with Crippen LogP contribution in [-0.2, 0) is 14.3 Å². The van der Waals surface area contributed by atoms with Crippen molar-refractivity contribution < 1.29 is 14.3 Å². The van der Waals surface area contributed by atoms with E-state index in [0.29, 0.717) is 11.3 Å². The zero-order valence-electron chi connectivity index (χ0n) is 14.9. The number of carbonyl (C=O) groups excluding carboxylic acids is 2. The van der Waals surface area contributed by atoms with Gasteiger partial charge in [0.1, 0.15) is 0 Å². The molecular weight excluding hydrogens is 348 g/mol. The highest BCUT2D eigenvalue weighted by Crippen LogP contribution is 2.23. The van der Waals surface area contributed by atoms with E-state index in [4.69, 9.17) is 10.00 Å². The minimum atomic E-state index is -0.924. The van der Waals surface area contributed by atoms with E-state index >= 15 is 0 Å². The van der Waals surface area contributed by atoms with Crippen molar-refractivity contribution in [3.05, 3.63) is 59.2 Å². The van der Waals surface area contributed by atoms with E-state index in [1.165, 1.54) is 18.7 Å². The highest BCUT2D eigenvalue weighted by atomic mass is 32.2. The van der Waals surface area contributed by atoms with Crippen molar-refractivity contribution in [2.45, 2.75) is 31.8 Å². The fourth-order valence-electron chi connectivity index (χ4n) is 2.19. The van der Waals surface area contributed by atoms with Crippen LogP contribution in [0.1, 0.15) is 23.6 Å². The van der Waals surface area contributed by atoms with E-state index in [1.807, 2.05) is 38.1 Å². The predicted octanol–water partition coefficient (Wildman–Crippen LogP) is 3.84. The van der Waals surface area contributed by atoms with Gasteiger partial charge in [-0.1, -0.05) is 23.8 Å². The zero-order valence-corrected chi connectivity index (χ0v) is 15.7. The lowest BCUT2D eigenvalue weighted by molar-refractivity contribution is -0.150.